The van der Waals surface area contributed by atoms with E-state index in [9.17, 15) is 9.90 Å². The predicted octanol–water partition coefficient (Wildman–Crippen LogP) is 5.54. The van der Waals surface area contributed by atoms with Gasteiger partial charge < -0.3 is 9.84 Å². The fourth-order valence-corrected chi connectivity index (χ4v) is 6.54. The summed E-state index contributed by atoms with van der Waals surface area (Å²) in [5.41, 5.74) is 6.57. The highest BCUT2D eigenvalue weighted by molar-refractivity contribution is 7.14. The maximum atomic E-state index is 13.0. The van der Waals surface area contributed by atoms with Crippen molar-refractivity contribution in [2.45, 2.75) is 72.8 Å². The normalized spacial score (nSPS) is 22.2. The number of fused-ring (bicyclic) bond motifs is 3. The van der Waals surface area contributed by atoms with Gasteiger partial charge in [-0.1, -0.05) is 26.0 Å². The predicted molar refractivity (Wildman–Crippen MR) is 119 cm³/mol. The molecule has 0 bridgehead atoms. The van der Waals surface area contributed by atoms with E-state index in [0.29, 0.717) is 30.1 Å². The van der Waals surface area contributed by atoms with Gasteiger partial charge in [0.15, 0.2) is 5.78 Å². The van der Waals surface area contributed by atoms with Crippen molar-refractivity contribution in [1.82, 2.24) is 0 Å². The summed E-state index contributed by atoms with van der Waals surface area (Å²) in [4.78, 5) is 15.4. The van der Waals surface area contributed by atoms with E-state index >= 15 is 0 Å². The number of Topliss-reactive ketones (excluding diaryl/α,β-unsaturated/α-hetero) is 1. The number of aryl methyl sites for hydroxylation is 4. The summed E-state index contributed by atoms with van der Waals surface area (Å²) in [7, 11) is 0. The smallest absolute Gasteiger partial charge is 0.173 e. The van der Waals surface area contributed by atoms with Crippen LogP contribution in [-0.4, -0.2) is 23.6 Å². The number of carbonyl (C=O) groups excluding carboxylic acids is 1. The fraction of sp³-hybridized carbons (Fsp3) is 0.560. The van der Waals surface area contributed by atoms with Crippen molar-refractivity contribution in [2.24, 2.45) is 11.3 Å². The number of benzene rings is 1. The average Bonchev–Trinajstić information content (AvgIpc) is 2.97. The first-order chi connectivity index (χ1) is 13.6. The van der Waals surface area contributed by atoms with Crippen LogP contribution in [0.25, 0.3) is 0 Å². The number of hydrogen-bond acceptors (Lipinski definition) is 4. The van der Waals surface area contributed by atoms with Gasteiger partial charge in [0.05, 0.1) is 11.0 Å². The van der Waals surface area contributed by atoms with Gasteiger partial charge in [-0.05, 0) is 85.6 Å². The molecule has 3 nitrogen and oxygen atoms in total. The first-order valence-electron chi connectivity index (χ1n) is 10.7. The Morgan fingerprint density at radius 2 is 1.93 bits per heavy atom. The highest BCUT2D eigenvalue weighted by Gasteiger charge is 2.63. The van der Waals surface area contributed by atoms with Gasteiger partial charge in [0, 0.05) is 11.3 Å². The molecule has 1 saturated carbocycles. The van der Waals surface area contributed by atoms with Crippen LogP contribution in [0.4, 0.5) is 0 Å². The number of rotatable bonds is 7. The molecule has 0 radical (unpaired) electrons. The van der Waals surface area contributed by atoms with Crippen molar-refractivity contribution in [2.75, 3.05) is 6.61 Å². The molecule has 1 fully saturated rings. The Kier molecular flexibility index (Phi) is 5.15. The molecule has 3 unspecified atom stereocenters. The second-order valence-electron chi connectivity index (χ2n) is 9.63. The van der Waals surface area contributed by atoms with Crippen LogP contribution in [-0.2, 0) is 12.8 Å². The molecule has 156 valence electrons. The van der Waals surface area contributed by atoms with Crippen molar-refractivity contribution >= 4 is 17.1 Å². The maximum absolute atomic E-state index is 13.0. The molecular weight excluding hydrogens is 380 g/mol. The number of carbonyl (C=O) groups is 1. The second kappa shape index (κ2) is 7.24. The van der Waals surface area contributed by atoms with Crippen LogP contribution < -0.4 is 4.74 Å². The summed E-state index contributed by atoms with van der Waals surface area (Å²) in [6.45, 7) is 13.0. The Labute approximate surface area is 178 Å². The quantitative estimate of drug-likeness (QED) is 0.607. The molecule has 0 spiro atoms. The lowest BCUT2D eigenvalue weighted by Crippen LogP contribution is -2.14. The zero-order valence-electron chi connectivity index (χ0n) is 18.4. The monoisotopic (exact) mass is 412 g/mol. The maximum Gasteiger partial charge on any atom is 0.173 e. The summed E-state index contributed by atoms with van der Waals surface area (Å²) in [6, 6.07) is 4.22. The number of aliphatic hydroxyl groups excluding tert-OH is 1. The summed E-state index contributed by atoms with van der Waals surface area (Å²) < 4.78 is 5.75. The molecule has 29 heavy (non-hydrogen) atoms. The summed E-state index contributed by atoms with van der Waals surface area (Å²) in [5, 5.41) is 9.46. The topological polar surface area (TPSA) is 46.5 Å². The van der Waals surface area contributed by atoms with Crippen molar-refractivity contribution in [1.29, 1.82) is 0 Å². The third kappa shape index (κ3) is 3.55. The van der Waals surface area contributed by atoms with Gasteiger partial charge >= 0.3 is 0 Å². The largest absolute Gasteiger partial charge is 0.490 e. The Hall–Kier alpha value is -1.65. The third-order valence-corrected chi connectivity index (χ3v) is 8.11. The summed E-state index contributed by atoms with van der Waals surface area (Å²) in [6.07, 6.45) is 1.91. The summed E-state index contributed by atoms with van der Waals surface area (Å²) in [5.74, 6) is 2.55. The molecule has 1 aromatic heterocycles. The number of ether oxygens (including phenoxy) is 1. The molecular formula is C25H32O3S. The minimum atomic E-state index is -0.487. The molecule has 4 rings (SSSR count). The van der Waals surface area contributed by atoms with Gasteiger partial charge in [-0.2, -0.15) is 0 Å². The van der Waals surface area contributed by atoms with Gasteiger partial charge in [0.25, 0.3) is 0 Å². The molecule has 2 aliphatic rings. The van der Waals surface area contributed by atoms with Crippen LogP contribution in [0.3, 0.4) is 0 Å². The van der Waals surface area contributed by atoms with E-state index in [2.05, 4.69) is 32.9 Å². The van der Waals surface area contributed by atoms with Crippen LogP contribution in [0.2, 0.25) is 0 Å². The van der Waals surface area contributed by atoms with Crippen molar-refractivity contribution < 1.29 is 14.6 Å². The number of aliphatic hydroxyl groups is 1. The Morgan fingerprint density at radius 3 is 2.55 bits per heavy atom. The van der Waals surface area contributed by atoms with Crippen LogP contribution >= 0.6 is 11.3 Å². The standard InChI is InChI=1S/C25H32O3S/c1-13-9-17(10-14(2)23(13)28-12-15(3)26)7-8-20(27)24-18-11-19-22(25(19,5)6)21(18)16(4)29-24/h9-10,15,19,22,26H,7-8,11-12H2,1-6H3. The van der Waals surface area contributed by atoms with Gasteiger partial charge in [0.2, 0.25) is 0 Å². The van der Waals surface area contributed by atoms with Gasteiger partial charge in [0.1, 0.15) is 12.4 Å². The van der Waals surface area contributed by atoms with E-state index in [1.165, 1.54) is 21.6 Å². The minimum Gasteiger partial charge on any atom is -0.490 e. The van der Waals surface area contributed by atoms with Crippen LogP contribution in [0, 0.1) is 32.1 Å². The van der Waals surface area contributed by atoms with Gasteiger partial charge in [-0.3, -0.25) is 4.79 Å². The van der Waals surface area contributed by atoms with Gasteiger partial charge in [-0.15, -0.1) is 11.3 Å². The lowest BCUT2D eigenvalue weighted by Gasteiger charge is -2.15. The molecule has 1 heterocycles. The third-order valence-electron chi connectivity index (χ3n) is 6.90. The Morgan fingerprint density at radius 1 is 1.28 bits per heavy atom. The highest BCUT2D eigenvalue weighted by Crippen LogP contribution is 2.71. The minimum absolute atomic E-state index is 0.293. The van der Waals surface area contributed by atoms with E-state index < -0.39 is 6.10 Å². The molecule has 1 aromatic carbocycles. The molecule has 0 saturated heterocycles. The lowest BCUT2D eigenvalue weighted by molar-refractivity contribution is 0.0985. The lowest BCUT2D eigenvalue weighted by atomic mass is 9.93. The van der Waals surface area contributed by atoms with Crippen LogP contribution in [0.15, 0.2) is 12.1 Å². The number of hydrogen-bond donors (Lipinski definition) is 1. The molecule has 2 aliphatic carbocycles. The first kappa shape index (κ1) is 20.6. The van der Waals surface area contributed by atoms with Crippen molar-refractivity contribution in [3.05, 3.63) is 49.7 Å². The van der Waals surface area contributed by atoms with Crippen LogP contribution in [0.5, 0.6) is 5.75 Å². The van der Waals surface area contributed by atoms with Crippen molar-refractivity contribution in [3.8, 4) is 5.75 Å². The summed E-state index contributed by atoms with van der Waals surface area (Å²) >= 11 is 1.72. The average molecular weight is 413 g/mol. The van der Waals surface area contributed by atoms with E-state index in [1.807, 2.05) is 13.8 Å². The fourth-order valence-electron chi connectivity index (χ4n) is 5.34. The Bertz CT molecular complexity index is 944. The zero-order valence-corrected chi connectivity index (χ0v) is 19.2. The Balaban J connectivity index is 1.45. The van der Waals surface area contributed by atoms with Gasteiger partial charge in [-0.25, -0.2) is 0 Å². The van der Waals surface area contributed by atoms with Crippen LogP contribution in [0.1, 0.15) is 75.5 Å². The molecule has 3 atom stereocenters. The van der Waals surface area contributed by atoms with E-state index in [0.717, 1.165) is 40.5 Å². The first-order valence-corrected chi connectivity index (χ1v) is 11.5. The van der Waals surface area contributed by atoms with E-state index in [-0.39, 0.29) is 0 Å². The SMILES string of the molecule is Cc1cc(CCC(=O)c2sc(C)c3c2CC2C3C2(C)C)cc(C)c1OCC(C)O. The van der Waals surface area contributed by atoms with E-state index in [4.69, 9.17) is 4.74 Å². The molecule has 0 aliphatic heterocycles. The van der Waals surface area contributed by atoms with E-state index in [1.54, 1.807) is 18.3 Å². The van der Waals surface area contributed by atoms with Crippen molar-refractivity contribution in [3.63, 3.8) is 0 Å². The molecule has 1 N–H and O–H groups in total. The molecule has 2 aromatic rings. The zero-order chi connectivity index (χ0) is 21.1. The number of ketones is 1. The second-order valence-corrected chi connectivity index (χ2v) is 10.9. The molecule has 0 amide bonds. The number of thiophene rings is 1. The molecule has 4 heteroatoms. The highest BCUT2D eigenvalue weighted by atomic mass is 32.1.